The van der Waals surface area contributed by atoms with E-state index in [1.165, 1.54) is 6.07 Å². The third-order valence-corrected chi connectivity index (χ3v) is 3.66. The number of nitrogens with one attached hydrogen (secondary N) is 1. The van der Waals surface area contributed by atoms with E-state index in [4.69, 9.17) is 0 Å². The molecule has 2 nitrogen and oxygen atoms in total. The summed E-state index contributed by atoms with van der Waals surface area (Å²) in [5.74, 6) is 0.566. The summed E-state index contributed by atoms with van der Waals surface area (Å²) in [5.41, 5.74) is 0.163. The van der Waals surface area contributed by atoms with Crippen LogP contribution in [0.15, 0.2) is 18.3 Å². The number of fused-ring (bicyclic) bond motifs is 1. The highest BCUT2D eigenvalue weighted by molar-refractivity contribution is 5.33. The first-order valence-electron chi connectivity index (χ1n) is 5.27. The monoisotopic (exact) mass is 228 g/mol. The van der Waals surface area contributed by atoms with Gasteiger partial charge in [0.05, 0.1) is 5.56 Å². The first kappa shape index (κ1) is 10.1. The topological polar surface area (TPSA) is 24.9 Å². The van der Waals surface area contributed by atoms with Crippen LogP contribution in [-0.2, 0) is 11.6 Å². The average molecular weight is 228 g/mol. The molecule has 1 saturated heterocycles. The molecule has 2 atom stereocenters. The molecular formula is C11H11F3N2. The molecule has 1 aliphatic heterocycles. The zero-order valence-corrected chi connectivity index (χ0v) is 8.51. The Bertz CT molecular complexity index is 412. The Labute approximate surface area is 90.9 Å². The molecule has 1 N–H and O–H groups in total. The molecule has 1 aromatic heterocycles. The first-order chi connectivity index (χ1) is 7.52. The summed E-state index contributed by atoms with van der Waals surface area (Å²) in [7, 11) is 0. The van der Waals surface area contributed by atoms with Gasteiger partial charge in [0, 0.05) is 23.9 Å². The van der Waals surface area contributed by atoms with E-state index in [9.17, 15) is 13.2 Å². The van der Waals surface area contributed by atoms with E-state index >= 15 is 0 Å². The number of nitrogens with zero attached hydrogens (tertiary/aromatic N) is 1. The summed E-state index contributed by atoms with van der Waals surface area (Å²) in [4.78, 5) is 3.98. The van der Waals surface area contributed by atoms with Crippen LogP contribution in [0.4, 0.5) is 13.2 Å². The van der Waals surface area contributed by atoms with E-state index in [1.807, 2.05) is 0 Å². The molecule has 16 heavy (non-hydrogen) atoms. The van der Waals surface area contributed by atoms with Crippen molar-refractivity contribution < 1.29 is 13.2 Å². The summed E-state index contributed by atoms with van der Waals surface area (Å²) < 4.78 is 37.1. The van der Waals surface area contributed by atoms with Crippen molar-refractivity contribution in [2.75, 3.05) is 13.1 Å². The summed E-state index contributed by atoms with van der Waals surface area (Å²) in [6.45, 7) is 1.80. The molecule has 5 heteroatoms. The Morgan fingerprint density at radius 1 is 1.38 bits per heavy atom. The van der Waals surface area contributed by atoms with Crippen molar-refractivity contribution >= 4 is 0 Å². The smallest absolute Gasteiger partial charge is 0.315 e. The Hall–Kier alpha value is -1.10. The van der Waals surface area contributed by atoms with Gasteiger partial charge in [-0.3, -0.25) is 4.98 Å². The molecule has 1 aliphatic carbocycles. The van der Waals surface area contributed by atoms with Crippen LogP contribution < -0.4 is 5.32 Å². The fraction of sp³-hybridized carbons (Fsp3) is 0.545. The van der Waals surface area contributed by atoms with Gasteiger partial charge in [0.25, 0.3) is 0 Å². The number of pyridine rings is 1. The van der Waals surface area contributed by atoms with E-state index in [2.05, 4.69) is 10.3 Å². The maximum Gasteiger partial charge on any atom is 0.417 e. The molecular weight excluding hydrogens is 217 g/mol. The van der Waals surface area contributed by atoms with Gasteiger partial charge in [0.1, 0.15) is 0 Å². The molecule has 0 bridgehead atoms. The van der Waals surface area contributed by atoms with E-state index < -0.39 is 11.7 Å². The van der Waals surface area contributed by atoms with E-state index in [-0.39, 0.29) is 5.41 Å². The van der Waals surface area contributed by atoms with Crippen LogP contribution in [0.1, 0.15) is 17.7 Å². The van der Waals surface area contributed by atoms with Gasteiger partial charge in [-0.15, -0.1) is 0 Å². The fourth-order valence-electron chi connectivity index (χ4n) is 2.59. The third kappa shape index (κ3) is 1.34. The van der Waals surface area contributed by atoms with Crippen molar-refractivity contribution in [3.63, 3.8) is 0 Å². The van der Waals surface area contributed by atoms with Gasteiger partial charge in [0.2, 0.25) is 0 Å². The fourth-order valence-corrected chi connectivity index (χ4v) is 2.59. The van der Waals surface area contributed by atoms with Gasteiger partial charge in [-0.2, -0.15) is 13.2 Å². The second-order valence-corrected chi connectivity index (χ2v) is 4.62. The Balaban J connectivity index is 1.89. The van der Waals surface area contributed by atoms with Crippen LogP contribution in [0, 0.1) is 5.92 Å². The molecule has 86 valence electrons. The molecule has 0 aromatic carbocycles. The van der Waals surface area contributed by atoms with Crippen molar-refractivity contribution in [3.8, 4) is 0 Å². The van der Waals surface area contributed by atoms with Crippen molar-refractivity contribution in [2.24, 2.45) is 5.92 Å². The van der Waals surface area contributed by atoms with E-state index in [0.717, 1.165) is 37.5 Å². The number of hydrogen-bond acceptors (Lipinski definition) is 2. The summed E-state index contributed by atoms with van der Waals surface area (Å²) in [6, 6.07) is 2.65. The Morgan fingerprint density at radius 2 is 2.19 bits per heavy atom. The third-order valence-electron chi connectivity index (χ3n) is 3.66. The molecule has 0 amide bonds. The molecule has 0 spiro atoms. The molecule has 2 heterocycles. The lowest BCUT2D eigenvalue weighted by Crippen LogP contribution is -2.20. The van der Waals surface area contributed by atoms with Crippen molar-refractivity contribution in [1.82, 2.24) is 10.3 Å². The van der Waals surface area contributed by atoms with Crippen LogP contribution in [-0.4, -0.2) is 18.1 Å². The van der Waals surface area contributed by atoms with Gasteiger partial charge in [-0.05, 0) is 31.0 Å². The molecule has 1 aromatic rings. The lowest BCUT2D eigenvalue weighted by molar-refractivity contribution is -0.137. The Morgan fingerprint density at radius 3 is 2.62 bits per heavy atom. The lowest BCUT2D eigenvalue weighted by Gasteiger charge is -2.12. The molecule has 1 saturated carbocycles. The highest BCUT2D eigenvalue weighted by atomic mass is 19.4. The maximum absolute atomic E-state index is 12.4. The summed E-state index contributed by atoms with van der Waals surface area (Å²) in [5, 5.41) is 3.24. The van der Waals surface area contributed by atoms with Gasteiger partial charge in [-0.1, -0.05) is 0 Å². The lowest BCUT2D eigenvalue weighted by atomic mass is 10.0. The number of aromatic nitrogens is 1. The number of alkyl halides is 3. The largest absolute Gasteiger partial charge is 0.417 e. The van der Waals surface area contributed by atoms with Crippen LogP contribution in [0.25, 0.3) is 0 Å². The van der Waals surface area contributed by atoms with Crippen LogP contribution in [0.5, 0.6) is 0 Å². The SMILES string of the molecule is FC(F)(F)c1ccc([C@]23CNC[C@H]2C3)nc1. The quantitative estimate of drug-likeness (QED) is 0.794. The van der Waals surface area contributed by atoms with Gasteiger partial charge in [0.15, 0.2) is 0 Å². The van der Waals surface area contributed by atoms with Crippen LogP contribution in [0.2, 0.25) is 0 Å². The number of halogens is 3. The zero-order chi connectivity index (χ0) is 11.4. The van der Waals surface area contributed by atoms with Gasteiger partial charge >= 0.3 is 6.18 Å². The Kier molecular flexibility index (Phi) is 1.87. The van der Waals surface area contributed by atoms with Crippen molar-refractivity contribution in [3.05, 3.63) is 29.6 Å². The minimum atomic E-state index is -4.29. The second-order valence-electron chi connectivity index (χ2n) is 4.62. The predicted molar refractivity (Wildman–Crippen MR) is 51.9 cm³/mol. The van der Waals surface area contributed by atoms with E-state index in [0.29, 0.717) is 5.92 Å². The minimum Gasteiger partial charge on any atom is -0.315 e. The van der Waals surface area contributed by atoms with E-state index in [1.54, 1.807) is 0 Å². The number of piperidine rings is 1. The molecule has 2 fully saturated rings. The maximum atomic E-state index is 12.4. The zero-order valence-electron chi connectivity index (χ0n) is 8.51. The highest BCUT2D eigenvalue weighted by Crippen LogP contribution is 2.55. The minimum absolute atomic E-state index is 0.0319. The molecule has 0 unspecified atom stereocenters. The average Bonchev–Trinajstić information content (AvgIpc) is 2.81. The molecule has 0 radical (unpaired) electrons. The number of hydrogen-bond donors (Lipinski definition) is 1. The summed E-state index contributed by atoms with van der Waals surface area (Å²) in [6.07, 6.45) is -2.30. The molecule has 3 rings (SSSR count). The summed E-state index contributed by atoms with van der Waals surface area (Å²) >= 11 is 0. The van der Waals surface area contributed by atoms with Crippen molar-refractivity contribution in [2.45, 2.75) is 18.0 Å². The van der Waals surface area contributed by atoms with Crippen LogP contribution >= 0.6 is 0 Å². The van der Waals surface area contributed by atoms with Crippen LogP contribution in [0.3, 0.4) is 0 Å². The predicted octanol–water partition coefficient (Wildman–Crippen LogP) is 1.96. The standard InChI is InChI=1S/C11H11F3N2/c12-11(13,14)7-1-2-9(16-5-7)10-3-8(10)4-15-6-10/h1-2,5,8,15H,3-4,6H2/t8-,10-/m1/s1. The molecule has 2 aliphatic rings. The first-order valence-corrected chi connectivity index (χ1v) is 5.27. The van der Waals surface area contributed by atoms with Gasteiger partial charge in [-0.25, -0.2) is 0 Å². The number of rotatable bonds is 1. The highest BCUT2D eigenvalue weighted by Gasteiger charge is 2.59. The normalized spacial score (nSPS) is 32.6. The van der Waals surface area contributed by atoms with Gasteiger partial charge < -0.3 is 5.32 Å². The van der Waals surface area contributed by atoms with Crippen molar-refractivity contribution in [1.29, 1.82) is 0 Å². The second kappa shape index (κ2) is 2.97.